The monoisotopic (exact) mass is 476 g/mol. The maximum atomic E-state index is 14.3. The first-order chi connectivity index (χ1) is 17.0. The Balaban J connectivity index is 1.35. The standard InChI is InChI=1S/C25H25FN6O3/c1-2-22(33)28-18-5-3-6-19(15-18)29-24-21(26)16-27-25(31-24)30-17-8-10-20(11-9-17)35-14-13-32-12-4-7-23(32)34/h2-3,5-6,8-11,15-16H,1,4,7,12-14H2,(H,28,33)(H2,27,29,30,31). The first-order valence-corrected chi connectivity index (χ1v) is 11.1. The number of halogens is 1. The van der Waals surface area contributed by atoms with Crippen LogP contribution in [0.2, 0.25) is 0 Å². The number of ether oxygens (including phenoxy) is 1. The molecule has 1 aliphatic rings. The number of carbonyl (C=O) groups excluding carboxylic acids is 2. The van der Waals surface area contributed by atoms with E-state index < -0.39 is 5.82 Å². The average Bonchev–Trinajstić information content (AvgIpc) is 3.27. The topological polar surface area (TPSA) is 108 Å². The van der Waals surface area contributed by atoms with Crippen molar-refractivity contribution < 1.29 is 18.7 Å². The number of rotatable bonds is 10. The molecule has 35 heavy (non-hydrogen) atoms. The Bertz CT molecular complexity index is 1220. The molecule has 3 N–H and O–H groups in total. The zero-order chi connectivity index (χ0) is 24.6. The van der Waals surface area contributed by atoms with Gasteiger partial charge in [-0.05, 0) is 55.0 Å². The highest BCUT2D eigenvalue weighted by molar-refractivity contribution is 5.99. The van der Waals surface area contributed by atoms with Gasteiger partial charge >= 0.3 is 0 Å². The molecule has 2 aromatic carbocycles. The van der Waals surface area contributed by atoms with E-state index in [0.29, 0.717) is 42.4 Å². The van der Waals surface area contributed by atoms with Crippen molar-refractivity contribution in [3.63, 3.8) is 0 Å². The van der Waals surface area contributed by atoms with E-state index in [1.807, 2.05) is 0 Å². The molecule has 9 nitrogen and oxygen atoms in total. The second-order valence-corrected chi connectivity index (χ2v) is 7.77. The molecule has 0 aliphatic carbocycles. The van der Waals surface area contributed by atoms with Crippen molar-refractivity contribution in [1.82, 2.24) is 14.9 Å². The van der Waals surface area contributed by atoms with E-state index in [9.17, 15) is 14.0 Å². The van der Waals surface area contributed by atoms with E-state index in [-0.39, 0.29) is 23.6 Å². The van der Waals surface area contributed by atoms with Gasteiger partial charge in [-0.2, -0.15) is 4.98 Å². The lowest BCUT2D eigenvalue weighted by Crippen LogP contribution is -2.29. The van der Waals surface area contributed by atoms with Crippen LogP contribution >= 0.6 is 0 Å². The molecule has 180 valence electrons. The minimum absolute atomic E-state index is 0.0221. The third kappa shape index (κ3) is 6.53. The van der Waals surface area contributed by atoms with Gasteiger partial charge in [0.2, 0.25) is 17.8 Å². The quantitative estimate of drug-likeness (QED) is 0.376. The Kier molecular flexibility index (Phi) is 7.51. The van der Waals surface area contributed by atoms with E-state index in [1.54, 1.807) is 53.4 Å². The zero-order valence-corrected chi connectivity index (χ0v) is 19.0. The normalized spacial score (nSPS) is 12.8. The molecule has 0 saturated carbocycles. The molecule has 3 aromatic rings. The number of anilines is 5. The van der Waals surface area contributed by atoms with Gasteiger partial charge in [0, 0.05) is 30.0 Å². The lowest BCUT2D eigenvalue weighted by molar-refractivity contribution is -0.128. The Hall–Kier alpha value is -4.47. The summed E-state index contributed by atoms with van der Waals surface area (Å²) in [5.41, 5.74) is 1.76. The number of aromatic nitrogens is 2. The van der Waals surface area contributed by atoms with Gasteiger partial charge in [0.1, 0.15) is 12.4 Å². The van der Waals surface area contributed by atoms with E-state index in [0.717, 1.165) is 25.2 Å². The fourth-order valence-electron chi connectivity index (χ4n) is 3.50. The summed E-state index contributed by atoms with van der Waals surface area (Å²) >= 11 is 0. The van der Waals surface area contributed by atoms with Crippen LogP contribution < -0.4 is 20.7 Å². The predicted octanol–water partition coefficient (Wildman–Crippen LogP) is 4.23. The van der Waals surface area contributed by atoms with Crippen LogP contribution in [0.4, 0.5) is 33.2 Å². The van der Waals surface area contributed by atoms with Crippen LogP contribution in [0.1, 0.15) is 12.8 Å². The van der Waals surface area contributed by atoms with Crippen LogP contribution in [0.15, 0.2) is 67.4 Å². The number of likely N-dealkylation sites (tertiary alicyclic amines) is 1. The predicted molar refractivity (Wildman–Crippen MR) is 132 cm³/mol. The minimum atomic E-state index is -0.628. The molecule has 0 bridgehead atoms. The van der Waals surface area contributed by atoms with Gasteiger partial charge in [0.25, 0.3) is 0 Å². The first-order valence-electron chi connectivity index (χ1n) is 11.1. The molecule has 0 spiro atoms. The van der Waals surface area contributed by atoms with Crippen LogP contribution in [0.5, 0.6) is 5.75 Å². The SMILES string of the molecule is C=CC(=O)Nc1cccc(Nc2nc(Nc3ccc(OCCN4CCCC4=O)cc3)ncc2F)c1. The van der Waals surface area contributed by atoms with Gasteiger partial charge in [-0.3, -0.25) is 9.59 Å². The van der Waals surface area contributed by atoms with Crippen molar-refractivity contribution in [1.29, 1.82) is 0 Å². The molecule has 1 fully saturated rings. The summed E-state index contributed by atoms with van der Waals surface area (Å²) in [6.07, 6.45) is 3.75. The fraction of sp³-hybridized carbons (Fsp3) is 0.200. The molecule has 1 saturated heterocycles. The Morgan fingerprint density at radius 1 is 1.14 bits per heavy atom. The van der Waals surface area contributed by atoms with Crippen LogP contribution in [0.25, 0.3) is 0 Å². The van der Waals surface area contributed by atoms with Crippen molar-refractivity contribution in [3.05, 3.63) is 73.2 Å². The summed E-state index contributed by atoms with van der Waals surface area (Å²) in [6.45, 7) is 5.20. The summed E-state index contributed by atoms with van der Waals surface area (Å²) < 4.78 is 20.0. The lowest BCUT2D eigenvalue weighted by Gasteiger charge is -2.16. The molecule has 0 radical (unpaired) electrons. The van der Waals surface area contributed by atoms with Gasteiger partial charge in [-0.25, -0.2) is 9.37 Å². The van der Waals surface area contributed by atoms with Crippen molar-refractivity contribution in [2.45, 2.75) is 12.8 Å². The average molecular weight is 477 g/mol. The van der Waals surface area contributed by atoms with Gasteiger partial charge < -0.3 is 25.6 Å². The van der Waals surface area contributed by atoms with Crippen molar-refractivity contribution in [2.75, 3.05) is 35.6 Å². The molecule has 1 aromatic heterocycles. The molecule has 0 atom stereocenters. The second-order valence-electron chi connectivity index (χ2n) is 7.77. The second kappa shape index (κ2) is 11.1. The largest absolute Gasteiger partial charge is 0.492 e. The van der Waals surface area contributed by atoms with Crippen molar-refractivity contribution in [3.8, 4) is 5.75 Å². The maximum Gasteiger partial charge on any atom is 0.247 e. The van der Waals surface area contributed by atoms with E-state index in [2.05, 4.69) is 32.5 Å². The van der Waals surface area contributed by atoms with Gasteiger partial charge in [-0.1, -0.05) is 12.6 Å². The van der Waals surface area contributed by atoms with Crippen molar-refractivity contribution >= 4 is 40.6 Å². The summed E-state index contributed by atoms with van der Waals surface area (Å²) in [5, 5.41) is 8.57. The van der Waals surface area contributed by atoms with E-state index >= 15 is 0 Å². The van der Waals surface area contributed by atoms with Gasteiger partial charge in [-0.15, -0.1) is 0 Å². The Labute approximate surface area is 202 Å². The van der Waals surface area contributed by atoms with Crippen molar-refractivity contribution in [2.24, 2.45) is 0 Å². The van der Waals surface area contributed by atoms with Crippen LogP contribution in [-0.4, -0.2) is 46.4 Å². The molecular weight excluding hydrogens is 451 g/mol. The summed E-state index contributed by atoms with van der Waals surface area (Å²) in [7, 11) is 0. The van der Waals surface area contributed by atoms with Crippen LogP contribution in [-0.2, 0) is 9.59 Å². The molecule has 0 unspecified atom stereocenters. The highest BCUT2D eigenvalue weighted by atomic mass is 19.1. The first kappa shape index (κ1) is 23.7. The Morgan fingerprint density at radius 2 is 1.94 bits per heavy atom. The lowest BCUT2D eigenvalue weighted by atomic mass is 10.2. The van der Waals surface area contributed by atoms with E-state index in [4.69, 9.17) is 4.74 Å². The number of amides is 2. The number of benzene rings is 2. The number of carbonyl (C=O) groups is 2. The number of nitrogens with one attached hydrogen (secondary N) is 3. The zero-order valence-electron chi connectivity index (χ0n) is 19.0. The van der Waals surface area contributed by atoms with Crippen LogP contribution in [0, 0.1) is 5.82 Å². The fourth-order valence-corrected chi connectivity index (χ4v) is 3.50. The number of hydrogen-bond donors (Lipinski definition) is 3. The minimum Gasteiger partial charge on any atom is -0.492 e. The smallest absolute Gasteiger partial charge is 0.247 e. The highest BCUT2D eigenvalue weighted by Gasteiger charge is 2.19. The number of hydrogen-bond acceptors (Lipinski definition) is 7. The molecular formula is C25H25FN6O3. The third-order valence-corrected chi connectivity index (χ3v) is 5.23. The maximum absolute atomic E-state index is 14.3. The number of nitrogens with zero attached hydrogens (tertiary/aromatic N) is 3. The molecule has 4 rings (SSSR count). The molecule has 10 heteroatoms. The summed E-state index contributed by atoms with van der Waals surface area (Å²) in [6, 6.07) is 14.0. The highest BCUT2D eigenvalue weighted by Crippen LogP contribution is 2.23. The van der Waals surface area contributed by atoms with Crippen LogP contribution in [0.3, 0.4) is 0 Å². The van der Waals surface area contributed by atoms with E-state index in [1.165, 1.54) is 0 Å². The summed E-state index contributed by atoms with van der Waals surface area (Å²) in [5.74, 6) is 0.0510. The van der Waals surface area contributed by atoms with Gasteiger partial charge in [0.05, 0.1) is 12.7 Å². The summed E-state index contributed by atoms with van der Waals surface area (Å²) in [4.78, 5) is 33.2. The molecule has 2 amide bonds. The Morgan fingerprint density at radius 3 is 2.69 bits per heavy atom. The molecule has 1 aliphatic heterocycles. The molecule has 2 heterocycles. The van der Waals surface area contributed by atoms with Gasteiger partial charge in [0.15, 0.2) is 11.6 Å². The third-order valence-electron chi connectivity index (χ3n) is 5.23.